The Kier molecular flexibility index (Phi) is 7.03. The number of hydrogen-bond acceptors (Lipinski definition) is 6. The molecule has 2 aromatic carbocycles. The van der Waals surface area contributed by atoms with Gasteiger partial charge in [-0.05, 0) is 42.0 Å². The molecule has 2 aromatic rings. The molecule has 0 aliphatic carbocycles. The van der Waals surface area contributed by atoms with E-state index in [1.54, 1.807) is 49.7 Å². The lowest BCUT2D eigenvalue weighted by Gasteiger charge is -2.19. The number of hydrogen-bond donors (Lipinski definition) is 2. The second-order valence-electron chi connectivity index (χ2n) is 4.79. The van der Waals surface area contributed by atoms with E-state index in [4.69, 9.17) is 40.6 Å². The molecule has 0 spiro atoms. The number of rotatable bonds is 6. The molecule has 0 radical (unpaired) electrons. The largest absolute Gasteiger partial charge is 0.277 e. The van der Waals surface area contributed by atoms with Gasteiger partial charge in [0.25, 0.3) is 0 Å². The second kappa shape index (κ2) is 8.80. The van der Waals surface area contributed by atoms with Crippen LogP contribution in [-0.4, -0.2) is 23.6 Å². The highest BCUT2D eigenvalue weighted by molar-refractivity contribution is 8.00. The lowest BCUT2D eigenvalue weighted by Crippen LogP contribution is -2.19. The van der Waals surface area contributed by atoms with Crippen molar-refractivity contribution in [3.8, 4) is 0 Å². The summed E-state index contributed by atoms with van der Waals surface area (Å²) < 4.78 is 1.03. The zero-order valence-corrected chi connectivity index (χ0v) is 15.7. The summed E-state index contributed by atoms with van der Waals surface area (Å²) >= 11 is 19.1. The van der Waals surface area contributed by atoms with Crippen LogP contribution >= 0.6 is 46.8 Å². The molecule has 0 amide bonds. The van der Waals surface area contributed by atoms with E-state index in [0.717, 1.165) is 26.9 Å². The van der Waals surface area contributed by atoms with Crippen LogP contribution < -0.4 is 10.3 Å². The fourth-order valence-electron chi connectivity index (χ4n) is 1.83. The number of nitrogens with zero attached hydrogens (tertiary/aromatic N) is 3. The molecule has 24 heavy (non-hydrogen) atoms. The van der Waals surface area contributed by atoms with Gasteiger partial charge < -0.3 is 0 Å². The Hall–Kier alpha value is -1.15. The Morgan fingerprint density at radius 3 is 2.42 bits per heavy atom. The molecule has 3 N–H and O–H groups in total. The Labute approximate surface area is 159 Å². The molecule has 128 valence electrons. The van der Waals surface area contributed by atoms with Crippen LogP contribution in [0.15, 0.2) is 46.4 Å². The maximum Gasteiger partial charge on any atom is 0.0819 e. The van der Waals surface area contributed by atoms with Crippen molar-refractivity contribution in [2.75, 3.05) is 11.5 Å². The molecule has 5 nitrogen and oxygen atoms in total. The summed E-state index contributed by atoms with van der Waals surface area (Å²) in [7, 11) is 1.61. The van der Waals surface area contributed by atoms with Gasteiger partial charge in [-0.25, -0.2) is 11.0 Å². The standard InChI is InChI=1S/C15H15Cl3N4OS/c1-21(19)20-7-6-10-8-13(17)14(18)9-15(10)22(23)24-12-4-2-11(16)3-5-12/h2-5,7-9,23H,6,19H2,1H3/b20-7+. The van der Waals surface area contributed by atoms with Crippen molar-refractivity contribution in [2.45, 2.75) is 11.3 Å². The van der Waals surface area contributed by atoms with Crippen molar-refractivity contribution >= 4 is 58.7 Å². The molecule has 2 rings (SSSR count). The van der Waals surface area contributed by atoms with E-state index >= 15 is 0 Å². The molecule has 0 atom stereocenters. The van der Waals surface area contributed by atoms with E-state index in [1.807, 2.05) is 0 Å². The normalized spacial score (nSPS) is 11.1. The van der Waals surface area contributed by atoms with Crippen molar-refractivity contribution in [3.63, 3.8) is 0 Å². The fourth-order valence-corrected chi connectivity index (χ4v) is 3.03. The van der Waals surface area contributed by atoms with Gasteiger partial charge in [-0.15, -0.1) is 0 Å². The van der Waals surface area contributed by atoms with Gasteiger partial charge in [0.15, 0.2) is 0 Å². The minimum atomic E-state index is 0.346. The number of anilines is 1. The Bertz CT molecular complexity index is 725. The molecule has 0 unspecified atom stereocenters. The maximum absolute atomic E-state index is 10.4. The quantitative estimate of drug-likeness (QED) is 0.310. The van der Waals surface area contributed by atoms with Gasteiger partial charge in [-0.1, -0.05) is 34.8 Å². The number of hydrazone groups is 1. The highest BCUT2D eigenvalue weighted by Gasteiger charge is 2.14. The summed E-state index contributed by atoms with van der Waals surface area (Å²) in [4.78, 5) is 0.814. The van der Waals surface area contributed by atoms with E-state index in [-0.39, 0.29) is 0 Å². The third kappa shape index (κ3) is 5.44. The van der Waals surface area contributed by atoms with E-state index < -0.39 is 0 Å². The highest BCUT2D eigenvalue weighted by Crippen LogP contribution is 2.35. The lowest BCUT2D eigenvalue weighted by atomic mass is 10.1. The summed E-state index contributed by atoms with van der Waals surface area (Å²) in [6.07, 6.45) is 2.04. The van der Waals surface area contributed by atoms with Crippen molar-refractivity contribution in [2.24, 2.45) is 10.9 Å². The van der Waals surface area contributed by atoms with Gasteiger partial charge in [-0.3, -0.25) is 5.21 Å². The first-order valence-electron chi connectivity index (χ1n) is 6.78. The van der Waals surface area contributed by atoms with E-state index in [1.165, 1.54) is 5.12 Å². The smallest absolute Gasteiger partial charge is 0.0819 e. The van der Waals surface area contributed by atoms with Gasteiger partial charge in [0, 0.05) is 41.5 Å². The van der Waals surface area contributed by atoms with Crippen molar-refractivity contribution in [3.05, 3.63) is 57.0 Å². The van der Waals surface area contributed by atoms with Crippen LogP contribution in [0, 0.1) is 0 Å². The van der Waals surface area contributed by atoms with Crippen LogP contribution in [0.4, 0.5) is 5.69 Å². The second-order valence-corrected chi connectivity index (χ2v) is 7.04. The molecule has 0 heterocycles. The van der Waals surface area contributed by atoms with Gasteiger partial charge in [0.2, 0.25) is 0 Å². The molecule has 9 heteroatoms. The third-order valence-corrected chi connectivity index (χ3v) is 4.73. The van der Waals surface area contributed by atoms with Gasteiger partial charge in [0.05, 0.1) is 15.7 Å². The van der Waals surface area contributed by atoms with Gasteiger partial charge >= 0.3 is 0 Å². The van der Waals surface area contributed by atoms with Gasteiger partial charge in [0.1, 0.15) is 0 Å². The summed E-state index contributed by atoms with van der Waals surface area (Å²) in [6.45, 7) is 0. The van der Waals surface area contributed by atoms with E-state index in [2.05, 4.69) is 5.10 Å². The molecular weight excluding hydrogens is 391 g/mol. The average molecular weight is 406 g/mol. The minimum absolute atomic E-state index is 0.346. The van der Waals surface area contributed by atoms with Crippen LogP contribution in [0.2, 0.25) is 15.1 Å². The summed E-state index contributed by atoms with van der Waals surface area (Å²) in [5.74, 6) is 5.44. The highest BCUT2D eigenvalue weighted by atomic mass is 35.5. The van der Waals surface area contributed by atoms with Crippen LogP contribution in [0.5, 0.6) is 0 Å². The molecule has 0 aliphatic heterocycles. The number of benzene rings is 2. The number of nitrogens with two attached hydrogens (primary N) is 1. The molecule has 0 fully saturated rings. The van der Waals surface area contributed by atoms with Crippen molar-refractivity contribution < 1.29 is 5.21 Å². The molecular formula is C15H15Cl3N4OS. The van der Waals surface area contributed by atoms with Gasteiger partial charge in [-0.2, -0.15) is 9.57 Å². The Balaban J connectivity index is 2.25. The number of hydrazine groups is 1. The minimum Gasteiger partial charge on any atom is -0.277 e. The fraction of sp³-hybridized carbons (Fsp3) is 0.133. The predicted molar refractivity (Wildman–Crippen MR) is 102 cm³/mol. The topological polar surface area (TPSA) is 65.1 Å². The van der Waals surface area contributed by atoms with Crippen LogP contribution in [0.1, 0.15) is 5.56 Å². The molecule has 0 saturated heterocycles. The summed E-state index contributed by atoms with van der Waals surface area (Å²) in [5, 5.41) is 16.9. The van der Waals surface area contributed by atoms with Crippen LogP contribution in [0.3, 0.4) is 0 Å². The summed E-state index contributed by atoms with van der Waals surface area (Å²) in [6, 6.07) is 10.4. The lowest BCUT2D eigenvalue weighted by molar-refractivity contribution is 0.331. The Morgan fingerprint density at radius 1 is 1.17 bits per heavy atom. The maximum atomic E-state index is 10.4. The monoisotopic (exact) mass is 404 g/mol. The predicted octanol–water partition coefficient (Wildman–Crippen LogP) is 4.88. The average Bonchev–Trinajstić information content (AvgIpc) is 2.52. The zero-order chi connectivity index (χ0) is 17.7. The molecule has 0 aliphatic rings. The number of halogens is 3. The first-order valence-corrected chi connectivity index (χ1v) is 8.69. The first kappa shape index (κ1) is 19.2. The van der Waals surface area contributed by atoms with E-state index in [0.29, 0.717) is 27.2 Å². The van der Waals surface area contributed by atoms with Crippen LogP contribution in [0.25, 0.3) is 0 Å². The zero-order valence-electron chi connectivity index (χ0n) is 12.7. The van der Waals surface area contributed by atoms with Crippen LogP contribution in [-0.2, 0) is 6.42 Å². The molecule has 0 saturated carbocycles. The van der Waals surface area contributed by atoms with E-state index in [9.17, 15) is 5.21 Å². The molecule has 0 bridgehead atoms. The van der Waals surface area contributed by atoms with Crippen molar-refractivity contribution in [1.29, 1.82) is 0 Å². The van der Waals surface area contributed by atoms with Crippen molar-refractivity contribution in [1.82, 2.24) is 5.12 Å². The first-order chi connectivity index (χ1) is 11.4. The molecule has 0 aromatic heterocycles. The Morgan fingerprint density at radius 2 is 1.79 bits per heavy atom. The summed E-state index contributed by atoms with van der Waals surface area (Å²) in [5.41, 5.74) is 1.26. The third-order valence-electron chi connectivity index (χ3n) is 2.91. The SMILES string of the molecule is CN(N)/N=C/Cc1cc(Cl)c(Cl)cc1N(O)Sc1ccc(Cl)cc1.